The molecule has 2 N–H and O–H groups in total. The molecule has 0 aliphatic carbocycles. The number of carbonyl (C=O) groups excluding carboxylic acids is 3. The maximum Gasteiger partial charge on any atom is 0.338 e. The molecule has 2 amide bonds. The zero-order valence-electron chi connectivity index (χ0n) is 20.9. The van der Waals surface area contributed by atoms with Crippen LogP contribution in [0.4, 0.5) is 5.69 Å². The van der Waals surface area contributed by atoms with E-state index in [2.05, 4.69) is 20.8 Å². The van der Waals surface area contributed by atoms with Crippen molar-refractivity contribution in [1.82, 2.24) is 20.1 Å². The van der Waals surface area contributed by atoms with Crippen LogP contribution in [0.5, 0.6) is 0 Å². The summed E-state index contributed by atoms with van der Waals surface area (Å²) in [5.74, 6) is -0.130. The van der Waals surface area contributed by atoms with Gasteiger partial charge in [0, 0.05) is 17.8 Å². The maximum absolute atomic E-state index is 12.7. The summed E-state index contributed by atoms with van der Waals surface area (Å²) >= 11 is 1.25. The molecule has 0 spiro atoms. The van der Waals surface area contributed by atoms with Gasteiger partial charge in [-0.15, -0.1) is 10.2 Å². The largest absolute Gasteiger partial charge is 0.462 e. The number of thioether (sulfide) groups is 1. The molecule has 1 aromatic heterocycles. The Kier molecular flexibility index (Phi) is 9.63. The van der Waals surface area contributed by atoms with Crippen molar-refractivity contribution >= 4 is 35.2 Å². The van der Waals surface area contributed by atoms with Gasteiger partial charge in [-0.25, -0.2) is 4.79 Å². The van der Waals surface area contributed by atoms with Crippen molar-refractivity contribution < 1.29 is 19.1 Å². The molecule has 0 fully saturated rings. The van der Waals surface area contributed by atoms with Gasteiger partial charge in [0.05, 0.1) is 24.0 Å². The molecule has 0 radical (unpaired) electrons. The van der Waals surface area contributed by atoms with Gasteiger partial charge in [-0.1, -0.05) is 43.0 Å². The topological polar surface area (TPSA) is 115 Å². The van der Waals surface area contributed by atoms with Gasteiger partial charge in [0.15, 0.2) is 11.0 Å². The summed E-state index contributed by atoms with van der Waals surface area (Å²) < 4.78 is 7.02. The van der Waals surface area contributed by atoms with Crippen molar-refractivity contribution in [2.24, 2.45) is 0 Å². The average molecular weight is 510 g/mol. The second-order valence-corrected chi connectivity index (χ2v) is 9.09. The zero-order valence-corrected chi connectivity index (χ0v) is 21.7. The summed E-state index contributed by atoms with van der Waals surface area (Å²) in [4.78, 5) is 37.3. The van der Waals surface area contributed by atoms with E-state index >= 15 is 0 Å². The van der Waals surface area contributed by atoms with E-state index in [1.807, 2.05) is 50.5 Å². The lowest BCUT2D eigenvalue weighted by Gasteiger charge is -2.16. The maximum atomic E-state index is 12.7. The normalized spacial score (nSPS) is 11.6. The molecule has 0 aliphatic rings. The van der Waals surface area contributed by atoms with E-state index in [1.165, 1.54) is 11.8 Å². The molecule has 3 aromatic rings. The summed E-state index contributed by atoms with van der Waals surface area (Å²) in [6.45, 7) is 8.55. The highest BCUT2D eigenvalue weighted by Gasteiger charge is 2.21. The average Bonchev–Trinajstić information content (AvgIpc) is 3.29. The minimum absolute atomic E-state index is 0.104. The molecule has 3 rings (SSSR count). The van der Waals surface area contributed by atoms with Crippen LogP contribution in [0.2, 0.25) is 0 Å². The number of nitrogens with zero attached hydrogens (tertiary/aromatic N) is 3. The fraction of sp³-hybridized carbons (Fsp3) is 0.346. The van der Waals surface area contributed by atoms with Crippen molar-refractivity contribution in [1.29, 1.82) is 0 Å². The molecule has 0 saturated carbocycles. The van der Waals surface area contributed by atoms with E-state index in [9.17, 15) is 14.4 Å². The van der Waals surface area contributed by atoms with Gasteiger partial charge in [-0.3, -0.25) is 9.59 Å². The molecule has 10 heteroatoms. The first-order chi connectivity index (χ1) is 17.3. The Bertz CT molecular complexity index is 1230. The zero-order chi connectivity index (χ0) is 26.1. The predicted octanol–water partition coefficient (Wildman–Crippen LogP) is 4.40. The lowest BCUT2D eigenvalue weighted by molar-refractivity contribution is -0.113. The summed E-state index contributed by atoms with van der Waals surface area (Å²) in [6.07, 6.45) is 0.737. The van der Waals surface area contributed by atoms with Crippen molar-refractivity contribution in [3.63, 3.8) is 0 Å². The van der Waals surface area contributed by atoms with Crippen molar-refractivity contribution in [3.05, 3.63) is 71.0 Å². The quantitative estimate of drug-likeness (QED) is 0.291. The highest BCUT2D eigenvalue weighted by atomic mass is 32.2. The van der Waals surface area contributed by atoms with Gasteiger partial charge >= 0.3 is 5.97 Å². The standard InChI is InChI=1S/C26H31N5O4S/c1-5-14-35-25(34)19-11-9-12-20(15-19)28-22(32)16-36-26-30-29-23(31(26)6-2)18(4)27-24(33)21-13-8-7-10-17(21)3/h7-13,15,18H,5-6,14,16H2,1-4H3,(H,27,33)(H,28,32)/t18-/m1/s1. The molecule has 1 heterocycles. The number of hydrogen-bond acceptors (Lipinski definition) is 7. The second-order valence-electron chi connectivity index (χ2n) is 8.15. The molecule has 9 nitrogen and oxygen atoms in total. The number of rotatable bonds is 11. The summed E-state index contributed by atoms with van der Waals surface area (Å²) in [5, 5.41) is 14.9. The number of aromatic nitrogens is 3. The molecule has 0 bridgehead atoms. The molecule has 36 heavy (non-hydrogen) atoms. The SMILES string of the molecule is CCCOC(=O)c1cccc(NC(=O)CSc2nnc([C@@H](C)NC(=O)c3ccccc3C)n2CC)c1. The van der Waals surface area contributed by atoms with Crippen LogP contribution in [0.25, 0.3) is 0 Å². The first-order valence-electron chi connectivity index (χ1n) is 11.8. The number of carbonyl (C=O) groups is 3. The molecule has 0 saturated heterocycles. The third kappa shape index (κ3) is 6.94. The molecule has 190 valence electrons. The number of amides is 2. The van der Waals surface area contributed by atoms with Crippen LogP contribution in [0.15, 0.2) is 53.7 Å². The molecule has 2 aromatic carbocycles. The fourth-order valence-electron chi connectivity index (χ4n) is 3.52. The molecular formula is C26H31N5O4S. The first kappa shape index (κ1) is 26.9. The Morgan fingerprint density at radius 3 is 2.58 bits per heavy atom. The highest BCUT2D eigenvalue weighted by molar-refractivity contribution is 7.99. The lowest BCUT2D eigenvalue weighted by atomic mass is 10.1. The number of esters is 1. The predicted molar refractivity (Wildman–Crippen MR) is 139 cm³/mol. The van der Waals surface area contributed by atoms with E-state index in [0.29, 0.717) is 40.9 Å². The van der Waals surface area contributed by atoms with Gasteiger partial charge in [0.2, 0.25) is 5.91 Å². The molecule has 0 unspecified atom stereocenters. The Labute approximate surface area is 215 Å². The minimum Gasteiger partial charge on any atom is -0.462 e. The fourth-order valence-corrected chi connectivity index (χ4v) is 4.33. The monoisotopic (exact) mass is 509 g/mol. The Morgan fingerprint density at radius 2 is 1.86 bits per heavy atom. The van der Waals surface area contributed by atoms with E-state index < -0.39 is 5.97 Å². The van der Waals surface area contributed by atoms with Crippen LogP contribution >= 0.6 is 11.8 Å². The number of anilines is 1. The number of hydrogen-bond donors (Lipinski definition) is 2. The Morgan fingerprint density at radius 1 is 1.08 bits per heavy atom. The second kappa shape index (κ2) is 12.9. The third-order valence-electron chi connectivity index (χ3n) is 5.34. The van der Waals surface area contributed by atoms with Gasteiger partial charge in [-0.05, 0) is 57.0 Å². The van der Waals surface area contributed by atoms with Gasteiger partial charge in [0.1, 0.15) is 0 Å². The summed E-state index contributed by atoms with van der Waals surface area (Å²) in [6, 6.07) is 13.7. The first-order valence-corrected chi connectivity index (χ1v) is 12.8. The molecule has 0 aliphatic heterocycles. The van der Waals surface area contributed by atoms with Crippen molar-refractivity contribution in [3.8, 4) is 0 Å². The third-order valence-corrected chi connectivity index (χ3v) is 6.30. The van der Waals surface area contributed by atoms with Gasteiger partial charge in [0.25, 0.3) is 5.91 Å². The summed E-state index contributed by atoms with van der Waals surface area (Å²) in [7, 11) is 0. The number of nitrogens with one attached hydrogen (secondary N) is 2. The van der Waals surface area contributed by atoms with E-state index in [4.69, 9.17) is 4.74 Å². The van der Waals surface area contributed by atoms with E-state index in [1.54, 1.807) is 30.3 Å². The van der Waals surface area contributed by atoms with Crippen molar-refractivity contribution in [2.45, 2.75) is 51.9 Å². The lowest BCUT2D eigenvalue weighted by Crippen LogP contribution is -2.29. The molecular weight excluding hydrogens is 478 g/mol. The number of ether oxygens (including phenoxy) is 1. The van der Waals surface area contributed by atoms with Gasteiger partial charge in [-0.2, -0.15) is 0 Å². The van der Waals surface area contributed by atoms with Crippen LogP contribution < -0.4 is 10.6 Å². The number of aryl methyl sites for hydroxylation is 1. The van der Waals surface area contributed by atoms with Crippen LogP contribution in [-0.2, 0) is 16.1 Å². The smallest absolute Gasteiger partial charge is 0.338 e. The van der Waals surface area contributed by atoms with E-state index in [-0.39, 0.29) is 23.6 Å². The minimum atomic E-state index is -0.422. The Hall–Kier alpha value is -3.66. The van der Waals surface area contributed by atoms with Crippen LogP contribution in [-0.4, -0.2) is 44.9 Å². The van der Waals surface area contributed by atoms with Crippen LogP contribution in [0.3, 0.4) is 0 Å². The van der Waals surface area contributed by atoms with Gasteiger partial charge < -0.3 is 19.9 Å². The van der Waals surface area contributed by atoms with Crippen LogP contribution in [0.1, 0.15) is 65.3 Å². The number of benzene rings is 2. The molecule has 1 atom stereocenters. The highest BCUT2D eigenvalue weighted by Crippen LogP contribution is 2.22. The Balaban J connectivity index is 1.60. The summed E-state index contributed by atoms with van der Waals surface area (Å²) in [5.41, 5.74) is 2.40. The van der Waals surface area contributed by atoms with E-state index in [0.717, 1.165) is 12.0 Å². The van der Waals surface area contributed by atoms with Crippen LogP contribution in [0, 0.1) is 6.92 Å². The van der Waals surface area contributed by atoms with Crippen molar-refractivity contribution in [2.75, 3.05) is 17.7 Å².